The summed E-state index contributed by atoms with van der Waals surface area (Å²) in [5.41, 5.74) is 10.6. The third kappa shape index (κ3) is 2.98. The van der Waals surface area contributed by atoms with E-state index in [2.05, 4.69) is 45.4 Å². The predicted molar refractivity (Wildman–Crippen MR) is 101 cm³/mol. The summed E-state index contributed by atoms with van der Waals surface area (Å²) < 4.78 is 1.13. The number of aromatic nitrogens is 1. The number of hydrogen-bond acceptors (Lipinski definition) is 2. The van der Waals surface area contributed by atoms with Crippen molar-refractivity contribution in [2.45, 2.75) is 26.2 Å². The second-order valence-corrected chi connectivity index (χ2v) is 7.67. The summed E-state index contributed by atoms with van der Waals surface area (Å²) in [6, 6.07) is 6.18. The Balaban J connectivity index is 2.19. The Bertz CT molecular complexity index is 806. The van der Waals surface area contributed by atoms with Crippen LogP contribution in [-0.4, -0.2) is 11.5 Å². The highest BCUT2D eigenvalue weighted by Crippen LogP contribution is 2.40. The van der Waals surface area contributed by atoms with Gasteiger partial charge in [-0.05, 0) is 83.4 Å². The number of unbranched alkanes of at least 4 members (excludes halogenated alkanes) is 1. The van der Waals surface area contributed by atoms with E-state index in [0.717, 1.165) is 35.3 Å². The number of hydrogen-bond donors (Lipinski definition) is 2. The fourth-order valence-electron chi connectivity index (χ4n) is 2.85. The monoisotopic (exact) mass is 396 g/mol. The van der Waals surface area contributed by atoms with E-state index < -0.39 is 0 Å². The summed E-state index contributed by atoms with van der Waals surface area (Å²) in [6.45, 7) is 2.84. The van der Waals surface area contributed by atoms with Gasteiger partial charge in [0.05, 0.1) is 10.6 Å². The largest absolute Gasteiger partial charge is 0.353 e. The lowest BCUT2D eigenvalue weighted by atomic mass is 10.0. The number of rotatable bonds is 5. The van der Waals surface area contributed by atoms with Gasteiger partial charge in [-0.25, -0.2) is 0 Å². The zero-order chi connectivity index (χ0) is 15.7. The fraction of sp³-hybridized carbons (Fsp3) is 0.294. The van der Waals surface area contributed by atoms with Crippen molar-refractivity contribution in [2.75, 3.05) is 6.54 Å². The van der Waals surface area contributed by atoms with Crippen molar-refractivity contribution in [1.29, 1.82) is 0 Å². The van der Waals surface area contributed by atoms with Crippen LogP contribution < -0.4 is 5.73 Å². The SMILES string of the molecule is Cc1cc(Cl)cc2c(CCCCN)c(-c3sccc3Br)[nH]c12. The molecule has 0 fully saturated rings. The smallest absolute Gasteiger partial charge is 0.0650 e. The molecule has 3 aromatic rings. The number of nitrogens with two attached hydrogens (primary N) is 1. The first-order valence-corrected chi connectivity index (χ1v) is 9.41. The van der Waals surface area contributed by atoms with Crippen LogP contribution >= 0.6 is 38.9 Å². The molecule has 2 aromatic heterocycles. The van der Waals surface area contributed by atoms with Crippen molar-refractivity contribution in [3.05, 3.63) is 44.2 Å². The Hall–Kier alpha value is -0.810. The van der Waals surface area contributed by atoms with Gasteiger partial charge in [-0.2, -0.15) is 0 Å². The molecule has 0 saturated carbocycles. The summed E-state index contributed by atoms with van der Waals surface area (Å²) in [5, 5.41) is 4.13. The summed E-state index contributed by atoms with van der Waals surface area (Å²) in [4.78, 5) is 4.87. The highest BCUT2D eigenvalue weighted by molar-refractivity contribution is 9.10. The third-order valence-corrected chi connectivity index (χ3v) is 5.98. The molecule has 0 radical (unpaired) electrons. The quantitative estimate of drug-likeness (QED) is 0.517. The Morgan fingerprint density at radius 1 is 1.32 bits per heavy atom. The van der Waals surface area contributed by atoms with Gasteiger partial charge in [0.1, 0.15) is 0 Å². The lowest BCUT2D eigenvalue weighted by Gasteiger charge is -2.04. The van der Waals surface area contributed by atoms with Gasteiger partial charge in [0.2, 0.25) is 0 Å². The molecule has 0 atom stereocenters. The maximum absolute atomic E-state index is 6.28. The van der Waals surface area contributed by atoms with Crippen LogP contribution in [0, 0.1) is 6.92 Å². The molecular weight excluding hydrogens is 380 g/mol. The molecule has 0 saturated heterocycles. The van der Waals surface area contributed by atoms with E-state index >= 15 is 0 Å². The average molecular weight is 398 g/mol. The first kappa shape index (κ1) is 16.1. The van der Waals surface area contributed by atoms with Crippen LogP contribution in [0.3, 0.4) is 0 Å². The number of halogens is 2. The van der Waals surface area contributed by atoms with Crippen molar-refractivity contribution in [3.63, 3.8) is 0 Å². The second-order valence-electron chi connectivity index (χ2n) is 5.47. The Morgan fingerprint density at radius 3 is 2.82 bits per heavy atom. The minimum absolute atomic E-state index is 0.736. The first-order valence-electron chi connectivity index (χ1n) is 7.36. The molecule has 0 amide bonds. The van der Waals surface area contributed by atoms with Gasteiger partial charge in [0, 0.05) is 20.4 Å². The van der Waals surface area contributed by atoms with E-state index in [-0.39, 0.29) is 0 Å². The fourth-order valence-corrected chi connectivity index (χ4v) is 4.73. The van der Waals surface area contributed by atoms with Crippen LogP contribution in [0.15, 0.2) is 28.1 Å². The predicted octanol–water partition coefficient (Wildman–Crippen LogP) is 5.90. The van der Waals surface area contributed by atoms with E-state index in [1.807, 2.05) is 6.07 Å². The number of thiophene rings is 1. The topological polar surface area (TPSA) is 41.8 Å². The third-order valence-electron chi connectivity index (χ3n) is 3.90. The Morgan fingerprint density at radius 2 is 2.14 bits per heavy atom. The van der Waals surface area contributed by atoms with Crippen molar-refractivity contribution in [2.24, 2.45) is 5.73 Å². The van der Waals surface area contributed by atoms with E-state index in [0.29, 0.717) is 0 Å². The Kier molecular flexibility index (Phi) is 4.93. The molecule has 0 aliphatic rings. The lowest BCUT2D eigenvalue weighted by molar-refractivity contribution is 0.748. The standard InChI is InChI=1S/C17H18BrClN2S/c1-10-8-11(19)9-13-12(4-2-3-6-20)16(21-15(10)13)17-14(18)5-7-22-17/h5,7-9,21H,2-4,6,20H2,1H3. The second kappa shape index (κ2) is 6.75. The molecule has 3 N–H and O–H groups in total. The van der Waals surface area contributed by atoms with E-state index in [1.54, 1.807) is 11.3 Å². The van der Waals surface area contributed by atoms with Gasteiger partial charge in [-0.15, -0.1) is 11.3 Å². The number of aromatic amines is 1. The molecule has 0 aliphatic heterocycles. The molecule has 22 heavy (non-hydrogen) atoms. The minimum atomic E-state index is 0.736. The number of aryl methyl sites for hydroxylation is 2. The maximum Gasteiger partial charge on any atom is 0.0650 e. The van der Waals surface area contributed by atoms with Crippen molar-refractivity contribution >= 4 is 49.8 Å². The van der Waals surface area contributed by atoms with Gasteiger partial charge < -0.3 is 10.7 Å². The highest BCUT2D eigenvalue weighted by atomic mass is 79.9. The first-order chi connectivity index (χ1) is 10.6. The van der Waals surface area contributed by atoms with Crippen LogP contribution in [0.5, 0.6) is 0 Å². The van der Waals surface area contributed by atoms with Gasteiger partial charge in [0.25, 0.3) is 0 Å². The number of fused-ring (bicyclic) bond motifs is 1. The molecule has 0 bridgehead atoms. The van der Waals surface area contributed by atoms with E-state index in [4.69, 9.17) is 17.3 Å². The van der Waals surface area contributed by atoms with Crippen LogP contribution in [0.25, 0.3) is 21.5 Å². The molecule has 3 rings (SSSR count). The van der Waals surface area contributed by atoms with Crippen LogP contribution in [0.4, 0.5) is 0 Å². The van der Waals surface area contributed by atoms with Crippen molar-refractivity contribution in [3.8, 4) is 10.6 Å². The van der Waals surface area contributed by atoms with Crippen molar-refractivity contribution < 1.29 is 0 Å². The molecule has 0 spiro atoms. The zero-order valence-corrected chi connectivity index (χ0v) is 15.5. The van der Waals surface area contributed by atoms with E-state index in [9.17, 15) is 0 Å². The number of H-pyrrole nitrogens is 1. The van der Waals surface area contributed by atoms with Gasteiger partial charge >= 0.3 is 0 Å². The number of nitrogens with one attached hydrogen (secondary N) is 1. The summed E-state index contributed by atoms with van der Waals surface area (Å²) in [5.74, 6) is 0. The molecule has 0 aliphatic carbocycles. The Labute approximate surface area is 147 Å². The molecular formula is C17H18BrClN2S. The van der Waals surface area contributed by atoms with Gasteiger partial charge in [0.15, 0.2) is 0 Å². The summed E-state index contributed by atoms with van der Waals surface area (Å²) in [6.07, 6.45) is 3.14. The van der Waals surface area contributed by atoms with Gasteiger partial charge in [-0.1, -0.05) is 11.6 Å². The van der Waals surface area contributed by atoms with Crippen LogP contribution in [-0.2, 0) is 6.42 Å². The zero-order valence-electron chi connectivity index (χ0n) is 12.4. The summed E-state index contributed by atoms with van der Waals surface area (Å²) >= 11 is 11.7. The minimum Gasteiger partial charge on any atom is -0.353 e. The average Bonchev–Trinajstić information content (AvgIpc) is 3.03. The summed E-state index contributed by atoms with van der Waals surface area (Å²) in [7, 11) is 0. The lowest BCUT2D eigenvalue weighted by Crippen LogP contribution is -1.99. The molecule has 0 unspecified atom stereocenters. The highest BCUT2D eigenvalue weighted by Gasteiger charge is 2.17. The normalized spacial score (nSPS) is 11.5. The van der Waals surface area contributed by atoms with Crippen molar-refractivity contribution in [1.82, 2.24) is 4.98 Å². The molecule has 5 heteroatoms. The van der Waals surface area contributed by atoms with E-state index in [1.165, 1.54) is 32.6 Å². The maximum atomic E-state index is 6.28. The molecule has 1 aromatic carbocycles. The van der Waals surface area contributed by atoms with Crippen LogP contribution in [0.2, 0.25) is 5.02 Å². The molecule has 2 nitrogen and oxygen atoms in total. The number of benzene rings is 1. The van der Waals surface area contributed by atoms with Crippen LogP contribution in [0.1, 0.15) is 24.0 Å². The molecule has 116 valence electrons. The van der Waals surface area contributed by atoms with Gasteiger partial charge in [-0.3, -0.25) is 0 Å². The molecule has 2 heterocycles.